The quantitative estimate of drug-likeness (QED) is 0.808. The standard InChI is InChI=1S/C14H20FN/c1-9-12(14(2,3)13(9)16-4)10-6-5-7-11(15)8-10/h5-9,12-13,16H,1-4H3. The minimum absolute atomic E-state index is 0.131. The highest BCUT2D eigenvalue weighted by Crippen LogP contribution is 2.56. The van der Waals surface area contributed by atoms with Crippen LogP contribution in [0.5, 0.6) is 0 Å². The molecule has 0 radical (unpaired) electrons. The van der Waals surface area contributed by atoms with Crippen LogP contribution in [0.2, 0.25) is 0 Å². The molecule has 3 unspecified atom stereocenters. The molecule has 1 fully saturated rings. The topological polar surface area (TPSA) is 12.0 Å². The van der Waals surface area contributed by atoms with E-state index in [1.165, 1.54) is 6.07 Å². The van der Waals surface area contributed by atoms with Crippen molar-refractivity contribution in [3.63, 3.8) is 0 Å². The average Bonchev–Trinajstić information content (AvgIpc) is 2.17. The second kappa shape index (κ2) is 3.85. The maximum atomic E-state index is 13.2. The summed E-state index contributed by atoms with van der Waals surface area (Å²) in [5, 5.41) is 3.36. The normalized spacial score (nSPS) is 32.2. The average molecular weight is 221 g/mol. The predicted molar refractivity (Wildman–Crippen MR) is 64.9 cm³/mol. The van der Waals surface area contributed by atoms with Gasteiger partial charge in [0.2, 0.25) is 0 Å². The Kier molecular flexibility index (Phi) is 2.79. The highest BCUT2D eigenvalue weighted by Gasteiger charge is 2.53. The van der Waals surface area contributed by atoms with Gasteiger partial charge in [0.15, 0.2) is 0 Å². The molecule has 0 heterocycles. The van der Waals surface area contributed by atoms with Crippen LogP contribution >= 0.6 is 0 Å². The number of hydrogen-bond acceptors (Lipinski definition) is 1. The number of halogens is 1. The summed E-state index contributed by atoms with van der Waals surface area (Å²) in [6, 6.07) is 7.54. The van der Waals surface area contributed by atoms with Crippen molar-refractivity contribution in [1.82, 2.24) is 5.32 Å². The maximum absolute atomic E-state index is 13.2. The lowest BCUT2D eigenvalue weighted by Gasteiger charge is -2.58. The van der Waals surface area contributed by atoms with Crippen LogP contribution < -0.4 is 5.32 Å². The third kappa shape index (κ3) is 1.56. The van der Waals surface area contributed by atoms with Gasteiger partial charge < -0.3 is 5.32 Å². The van der Waals surface area contributed by atoms with Crippen molar-refractivity contribution in [1.29, 1.82) is 0 Å². The summed E-state index contributed by atoms with van der Waals surface area (Å²) >= 11 is 0. The summed E-state index contributed by atoms with van der Waals surface area (Å²) in [7, 11) is 2.00. The van der Waals surface area contributed by atoms with Gasteiger partial charge >= 0.3 is 0 Å². The predicted octanol–water partition coefficient (Wildman–Crippen LogP) is 3.17. The maximum Gasteiger partial charge on any atom is 0.123 e. The van der Waals surface area contributed by atoms with E-state index in [2.05, 4.69) is 26.1 Å². The Hall–Kier alpha value is -0.890. The van der Waals surface area contributed by atoms with Gasteiger partial charge in [0.1, 0.15) is 5.82 Å². The molecule has 1 aromatic carbocycles. The number of nitrogens with one attached hydrogen (secondary N) is 1. The molecular formula is C14H20FN. The van der Waals surface area contributed by atoms with Gasteiger partial charge in [-0.2, -0.15) is 0 Å². The first-order valence-corrected chi connectivity index (χ1v) is 5.91. The molecule has 0 aromatic heterocycles. The van der Waals surface area contributed by atoms with E-state index in [0.29, 0.717) is 17.9 Å². The third-order valence-electron chi connectivity index (χ3n) is 4.17. The fourth-order valence-corrected chi connectivity index (χ4v) is 3.69. The molecule has 1 saturated carbocycles. The van der Waals surface area contributed by atoms with Crippen molar-refractivity contribution in [3.05, 3.63) is 35.6 Å². The van der Waals surface area contributed by atoms with Gasteiger partial charge in [-0.15, -0.1) is 0 Å². The number of rotatable bonds is 2. The van der Waals surface area contributed by atoms with E-state index in [1.54, 1.807) is 12.1 Å². The highest BCUT2D eigenvalue weighted by molar-refractivity contribution is 5.29. The first-order valence-electron chi connectivity index (χ1n) is 5.91. The molecule has 88 valence electrons. The van der Waals surface area contributed by atoms with E-state index in [4.69, 9.17) is 0 Å². The lowest BCUT2D eigenvalue weighted by molar-refractivity contribution is 0.00495. The zero-order chi connectivity index (χ0) is 11.9. The minimum Gasteiger partial charge on any atom is -0.316 e. The molecule has 0 amide bonds. The Morgan fingerprint density at radius 1 is 1.31 bits per heavy atom. The van der Waals surface area contributed by atoms with Crippen LogP contribution in [-0.4, -0.2) is 13.1 Å². The fraction of sp³-hybridized carbons (Fsp3) is 0.571. The molecule has 0 spiro atoms. The van der Waals surface area contributed by atoms with Crippen molar-refractivity contribution in [2.24, 2.45) is 11.3 Å². The Bertz CT molecular complexity index is 386. The molecule has 1 aromatic rings. The van der Waals surface area contributed by atoms with Gasteiger partial charge in [-0.25, -0.2) is 4.39 Å². The highest BCUT2D eigenvalue weighted by atomic mass is 19.1. The summed E-state index contributed by atoms with van der Waals surface area (Å²) in [4.78, 5) is 0. The summed E-state index contributed by atoms with van der Waals surface area (Å²) < 4.78 is 13.2. The van der Waals surface area contributed by atoms with E-state index >= 15 is 0 Å². The molecule has 1 aliphatic rings. The van der Waals surface area contributed by atoms with Gasteiger partial charge in [-0.3, -0.25) is 0 Å². The van der Waals surface area contributed by atoms with Crippen LogP contribution in [0.1, 0.15) is 32.3 Å². The summed E-state index contributed by atoms with van der Waals surface area (Å²) in [6.07, 6.45) is 0. The molecule has 2 rings (SSSR count). The van der Waals surface area contributed by atoms with E-state index < -0.39 is 0 Å². The Balaban J connectivity index is 2.30. The van der Waals surface area contributed by atoms with E-state index in [1.807, 2.05) is 13.1 Å². The first-order chi connectivity index (χ1) is 7.48. The Morgan fingerprint density at radius 3 is 2.50 bits per heavy atom. The molecule has 1 aliphatic carbocycles. The molecule has 2 heteroatoms. The van der Waals surface area contributed by atoms with Crippen LogP contribution in [0, 0.1) is 17.2 Å². The largest absolute Gasteiger partial charge is 0.316 e. The molecule has 16 heavy (non-hydrogen) atoms. The molecule has 3 atom stereocenters. The van der Waals surface area contributed by atoms with E-state index in [0.717, 1.165) is 5.56 Å². The van der Waals surface area contributed by atoms with Gasteiger partial charge in [-0.05, 0) is 42.0 Å². The van der Waals surface area contributed by atoms with Crippen LogP contribution in [0.25, 0.3) is 0 Å². The van der Waals surface area contributed by atoms with Crippen molar-refractivity contribution < 1.29 is 4.39 Å². The fourth-order valence-electron chi connectivity index (χ4n) is 3.69. The van der Waals surface area contributed by atoms with Crippen LogP contribution in [0.15, 0.2) is 24.3 Å². The summed E-state index contributed by atoms with van der Waals surface area (Å²) in [5.74, 6) is 0.871. The molecule has 0 aliphatic heterocycles. The van der Waals surface area contributed by atoms with Crippen LogP contribution in [0.3, 0.4) is 0 Å². The van der Waals surface area contributed by atoms with E-state index in [9.17, 15) is 4.39 Å². The van der Waals surface area contributed by atoms with E-state index in [-0.39, 0.29) is 11.2 Å². The zero-order valence-corrected chi connectivity index (χ0v) is 10.4. The SMILES string of the molecule is CNC1C(C)C(c2cccc(F)c2)C1(C)C. The van der Waals surface area contributed by atoms with Crippen molar-refractivity contribution in [3.8, 4) is 0 Å². The van der Waals surface area contributed by atoms with Crippen molar-refractivity contribution >= 4 is 0 Å². The third-order valence-corrected chi connectivity index (χ3v) is 4.17. The Labute approximate surface area is 97.1 Å². The number of hydrogen-bond donors (Lipinski definition) is 1. The van der Waals surface area contributed by atoms with Gasteiger partial charge in [0, 0.05) is 6.04 Å². The lowest BCUT2D eigenvalue weighted by Crippen LogP contribution is -2.60. The van der Waals surface area contributed by atoms with Gasteiger partial charge in [-0.1, -0.05) is 32.9 Å². The lowest BCUT2D eigenvalue weighted by atomic mass is 9.50. The molecule has 1 N–H and O–H groups in total. The van der Waals surface area contributed by atoms with Crippen molar-refractivity contribution in [2.75, 3.05) is 7.05 Å². The second-order valence-electron chi connectivity index (χ2n) is 5.48. The number of benzene rings is 1. The summed E-state index contributed by atoms with van der Waals surface area (Å²) in [6.45, 7) is 6.75. The summed E-state index contributed by atoms with van der Waals surface area (Å²) in [5.41, 5.74) is 1.33. The van der Waals surface area contributed by atoms with Gasteiger partial charge in [0.25, 0.3) is 0 Å². The zero-order valence-electron chi connectivity index (χ0n) is 10.4. The smallest absolute Gasteiger partial charge is 0.123 e. The van der Waals surface area contributed by atoms with Crippen LogP contribution in [0.4, 0.5) is 4.39 Å². The molecule has 1 nitrogen and oxygen atoms in total. The molecule has 0 bridgehead atoms. The molecular weight excluding hydrogens is 201 g/mol. The van der Waals surface area contributed by atoms with Gasteiger partial charge in [0.05, 0.1) is 0 Å². The monoisotopic (exact) mass is 221 g/mol. The van der Waals surface area contributed by atoms with Crippen LogP contribution in [-0.2, 0) is 0 Å². The first kappa shape index (κ1) is 11.6. The van der Waals surface area contributed by atoms with Crippen molar-refractivity contribution in [2.45, 2.75) is 32.7 Å². The Morgan fingerprint density at radius 2 is 2.00 bits per heavy atom. The molecule has 0 saturated heterocycles. The second-order valence-corrected chi connectivity index (χ2v) is 5.48. The minimum atomic E-state index is -0.131.